The summed E-state index contributed by atoms with van der Waals surface area (Å²) in [6.07, 6.45) is 3.52. The monoisotopic (exact) mass is 333 g/mol. The normalized spacial score (nSPS) is 17.0. The number of pyridine rings is 3. The summed E-state index contributed by atoms with van der Waals surface area (Å²) in [5.41, 5.74) is 2.27. The lowest BCUT2D eigenvalue weighted by Gasteiger charge is -2.38. The maximum absolute atomic E-state index is 12.3. The molecule has 6 heteroatoms. The minimum Gasteiger partial charge on any atom is -0.302 e. The molecule has 3 aromatic heterocycles. The third kappa shape index (κ3) is 3.08. The number of rotatable bonds is 2. The van der Waals surface area contributed by atoms with Gasteiger partial charge in [-0.1, -0.05) is 6.07 Å². The van der Waals surface area contributed by atoms with Crippen LogP contribution < -0.4 is 10.2 Å². The van der Waals surface area contributed by atoms with E-state index in [4.69, 9.17) is 0 Å². The molecule has 0 atom stereocenters. The van der Waals surface area contributed by atoms with Crippen molar-refractivity contribution in [2.75, 3.05) is 18.0 Å². The predicted molar refractivity (Wildman–Crippen MR) is 97.2 cm³/mol. The second-order valence-corrected chi connectivity index (χ2v) is 6.86. The van der Waals surface area contributed by atoms with Gasteiger partial charge in [-0.25, -0.2) is 9.97 Å². The van der Waals surface area contributed by atoms with Gasteiger partial charge in [0.2, 0.25) is 5.91 Å². The fraction of sp³-hybridized carbons (Fsp3) is 0.263. The van der Waals surface area contributed by atoms with Gasteiger partial charge in [-0.05, 0) is 44.2 Å². The summed E-state index contributed by atoms with van der Waals surface area (Å²) >= 11 is 0. The van der Waals surface area contributed by atoms with E-state index in [-0.39, 0.29) is 11.4 Å². The SMILES string of the molecule is CC1(C)CN(c2cccc(-c3ccc4cnccc4n3)n2)C(=O)CN1. The van der Waals surface area contributed by atoms with E-state index in [9.17, 15) is 4.79 Å². The maximum atomic E-state index is 12.3. The largest absolute Gasteiger partial charge is 0.302 e. The Bertz CT molecular complexity index is 953. The van der Waals surface area contributed by atoms with Gasteiger partial charge in [0, 0.05) is 29.9 Å². The van der Waals surface area contributed by atoms with Gasteiger partial charge in [-0.2, -0.15) is 0 Å². The molecule has 0 unspecified atom stereocenters. The fourth-order valence-corrected chi connectivity index (χ4v) is 2.98. The lowest BCUT2D eigenvalue weighted by Crippen LogP contribution is -2.60. The first-order chi connectivity index (χ1) is 12.0. The van der Waals surface area contributed by atoms with Crippen molar-refractivity contribution in [3.8, 4) is 11.4 Å². The van der Waals surface area contributed by atoms with Crippen LogP contribution >= 0.6 is 0 Å². The minimum atomic E-state index is -0.139. The van der Waals surface area contributed by atoms with Crippen LogP contribution in [0.15, 0.2) is 48.8 Å². The second-order valence-electron chi connectivity index (χ2n) is 6.86. The van der Waals surface area contributed by atoms with Gasteiger partial charge in [0.15, 0.2) is 0 Å². The summed E-state index contributed by atoms with van der Waals surface area (Å²) in [7, 11) is 0. The molecule has 0 bridgehead atoms. The Balaban J connectivity index is 1.72. The number of aromatic nitrogens is 3. The van der Waals surface area contributed by atoms with Gasteiger partial charge in [-0.15, -0.1) is 0 Å². The smallest absolute Gasteiger partial charge is 0.242 e. The highest BCUT2D eigenvalue weighted by molar-refractivity contribution is 5.95. The highest BCUT2D eigenvalue weighted by Crippen LogP contribution is 2.24. The fourth-order valence-electron chi connectivity index (χ4n) is 2.98. The zero-order valence-electron chi connectivity index (χ0n) is 14.2. The molecule has 0 radical (unpaired) electrons. The van der Waals surface area contributed by atoms with E-state index in [1.807, 2.05) is 36.4 Å². The summed E-state index contributed by atoms with van der Waals surface area (Å²) in [5, 5.41) is 4.22. The van der Waals surface area contributed by atoms with Gasteiger partial charge in [0.1, 0.15) is 5.82 Å². The molecule has 0 aromatic carbocycles. The van der Waals surface area contributed by atoms with Gasteiger partial charge < -0.3 is 5.32 Å². The molecule has 1 amide bonds. The highest BCUT2D eigenvalue weighted by Gasteiger charge is 2.32. The van der Waals surface area contributed by atoms with Crippen molar-refractivity contribution >= 4 is 22.6 Å². The minimum absolute atomic E-state index is 0.0292. The van der Waals surface area contributed by atoms with Crippen molar-refractivity contribution in [3.63, 3.8) is 0 Å². The van der Waals surface area contributed by atoms with E-state index >= 15 is 0 Å². The number of nitrogens with one attached hydrogen (secondary N) is 1. The number of hydrogen-bond donors (Lipinski definition) is 1. The van der Waals surface area contributed by atoms with Crippen LogP contribution in [0, 0.1) is 0 Å². The molecule has 126 valence electrons. The summed E-state index contributed by atoms with van der Waals surface area (Å²) in [5.74, 6) is 0.690. The van der Waals surface area contributed by atoms with Gasteiger partial charge in [0.25, 0.3) is 0 Å². The van der Waals surface area contributed by atoms with Crippen LogP contribution in [0.25, 0.3) is 22.3 Å². The third-order valence-corrected chi connectivity index (χ3v) is 4.34. The van der Waals surface area contributed by atoms with Crippen LogP contribution in [0.3, 0.4) is 0 Å². The number of nitrogens with zero attached hydrogens (tertiary/aromatic N) is 4. The summed E-state index contributed by atoms with van der Waals surface area (Å²) in [6, 6.07) is 11.5. The Kier molecular flexibility index (Phi) is 3.69. The van der Waals surface area contributed by atoms with Crippen LogP contribution in [-0.2, 0) is 4.79 Å². The summed E-state index contributed by atoms with van der Waals surface area (Å²) in [6.45, 7) is 5.06. The number of carbonyl (C=O) groups excluding carboxylic acids is 1. The zero-order valence-corrected chi connectivity index (χ0v) is 14.2. The van der Waals surface area contributed by atoms with Crippen molar-refractivity contribution in [2.45, 2.75) is 19.4 Å². The Hall–Kier alpha value is -2.86. The lowest BCUT2D eigenvalue weighted by molar-refractivity contribution is -0.119. The second kappa shape index (κ2) is 5.89. The molecular weight excluding hydrogens is 314 g/mol. The first-order valence-corrected chi connectivity index (χ1v) is 8.25. The Labute approximate surface area is 145 Å². The van der Waals surface area contributed by atoms with E-state index in [2.05, 4.69) is 34.1 Å². The first-order valence-electron chi connectivity index (χ1n) is 8.25. The van der Waals surface area contributed by atoms with Crippen LogP contribution in [0.5, 0.6) is 0 Å². The quantitative estimate of drug-likeness (QED) is 0.780. The molecule has 4 rings (SSSR count). The number of anilines is 1. The number of piperazine rings is 1. The average Bonchev–Trinajstić information content (AvgIpc) is 2.63. The van der Waals surface area contributed by atoms with Crippen molar-refractivity contribution in [1.82, 2.24) is 20.3 Å². The molecule has 1 aliphatic rings. The van der Waals surface area contributed by atoms with Crippen LogP contribution in [0.2, 0.25) is 0 Å². The Morgan fingerprint density at radius 2 is 1.92 bits per heavy atom. The van der Waals surface area contributed by atoms with Crippen molar-refractivity contribution < 1.29 is 4.79 Å². The van der Waals surface area contributed by atoms with E-state index in [1.165, 1.54) is 0 Å². The molecule has 4 heterocycles. The van der Waals surface area contributed by atoms with E-state index in [0.29, 0.717) is 18.9 Å². The average molecular weight is 333 g/mol. The molecule has 1 N–H and O–H groups in total. The lowest BCUT2D eigenvalue weighted by atomic mass is 10.0. The molecule has 1 fully saturated rings. The molecule has 1 aliphatic heterocycles. The molecule has 0 saturated carbocycles. The van der Waals surface area contributed by atoms with E-state index in [0.717, 1.165) is 22.3 Å². The molecule has 25 heavy (non-hydrogen) atoms. The number of amides is 1. The zero-order chi connectivity index (χ0) is 17.4. The van der Waals surface area contributed by atoms with Crippen LogP contribution in [-0.4, -0.2) is 39.5 Å². The molecule has 3 aromatic rings. The first kappa shape index (κ1) is 15.7. The number of carbonyl (C=O) groups is 1. The Morgan fingerprint density at radius 1 is 1.08 bits per heavy atom. The van der Waals surface area contributed by atoms with E-state index in [1.54, 1.807) is 17.3 Å². The van der Waals surface area contributed by atoms with Crippen molar-refractivity contribution in [1.29, 1.82) is 0 Å². The van der Waals surface area contributed by atoms with Gasteiger partial charge >= 0.3 is 0 Å². The van der Waals surface area contributed by atoms with Gasteiger partial charge in [0.05, 0.1) is 23.4 Å². The topological polar surface area (TPSA) is 71.0 Å². The molecule has 1 saturated heterocycles. The molecule has 0 aliphatic carbocycles. The highest BCUT2D eigenvalue weighted by atomic mass is 16.2. The standard InChI is InChI=1S/C19H19N5O/c1-19(2)12-24(18(25)11-21-19)17-5-3-4-15(23-17)16-7-6-13-10-20-9-8-14(13)22-16/h3-10,21H,11-12H2,1-2H3. The Morgan fingerprint density at radius 3 is 2.80 bits per heavy atom. The van der Waals surface area contributed by atoms with Crippen molar-refractivity contribution in [2.24, 2.45) is 0 Å². The van der Waals surface area contributed by atoms with Crippen LogP contribution in [0.1, 0.15) is 13.8 Å². The predicted octanol–water partition coefficient (Wildman–Crippen LogP) is 2.41. The van der Waals surface area contributed by atoms with Crippen molar-refractivity contribution in [3.05, 3.63) is 48.8 Å². The van der Waals surface area contributed by atoms with Crippen LogP contribution in [0.4, 0.5) is 5.82 Å². The molecular formula is C19H19N5O. The third-order valence-electron chi connectivity index (χ3n) is 4.34. The van der Waals surface area contributed by atoms with E-state index < -0.39 is 0 Å². The summed E-state index contributed by atoms with van der Waals surface area (Å²) < 4.78 is 0. The number of hydrogen-bond acceptors (Lipinski definition) is 5. The molecule has 0 spiro atoms. The maximum Gasteiger partial charge on any atom is 0.242 e. The number of fused-ring (bicyclic) bond motifs is 1. The summed E-state index contributed by atoms with van der Waals surface area (Å²) in [4.78, 5) is 27.5. The van der Waals surface area contributed by atoms with Gasteiger partial charge in [-0.3, -0.25) is 14.7 Å². The molecule has 6 nitrogen and oxygen atoms in total.